The van der Waals surface area contributed by atoms with Gasteiger partial charge in [-0.05, 0) is 44.9 Å². The lowest BCUT2D eigenvalue weighted by atomic mass is 9.75. The van der Waals surface area contributed by atoms with Crippen molar-refractivity contribution >= 4 is 16.9 Å². The summed E-state index contributed by atoms with van der Waals surface area (Å²) < 4.78 is 15.4. The number of allylic oxidation sites excluding steroid dienone is 1. The Labute approximate surface area is 183 Å². The molecule has 0 amide bonds. The van der Waals surface area contributed by atoms with E-state index in [0.717, 1.165) is 5.69 Å². The molecule has 2 aliphatic heterocycles. The molecule has 0 saturated carbocycles. The second-order valence-electron chi connectivity index (χ2n) is 8.79. The van der Waals surface area contributed by atoms with Gasteiger partial charge in [0.15, 0.2) is 5.01 Å². The number of nitrogens with one attached hydrogen (secondary N) is 1. The molecule has 2 bridgehead atoms. The van der Waals surface area contributed by atoms with Crippen LogP contribution in [0.15, 0.2) is 43.1 Å². The molecule has 2 N–H and O–H groups in total. The number of nitrogens with zero attached hydrogens (tertiary/aromatic N) is 5. The maximum Gasteiger partial charge on any atom is 0.151 e. The van der Waals surface area contributed by atoms with Crippen LogP contribution in [-0.2, 0) is 0 Å². The SMILES string of the molecule is C=C(c1nnc(-c2ccc(-n3ncc(C)n3)cc2O)s1)[C@H]1C[C@]2(C)C=C[C@@](C)(N2)[C@@H]1F. The predicted molar refractivity (Wildman–Crippen MR) is 118 cm³/mol. The van der Waals surface area contributed by atoms with Crippen molar-refractivity contribution in [2.45, 2.75) is 44.4 Å². The quantitative estimate of drug-likeness (QED) is 0.602. The number of hydrogen-bond acceptors (Lipinski definition) is 7. The Kier molecular flexibility index (Phi) is 4.39. The zero-order chi connectivity index (χ0) is 22.0. The average Bonchev–Trinajstić information content (AvgIpc) is 3.44. The monoisotopic (exact) mass is 438 g/mol. The van der Waals surface area contributed by atoms with Gasteiger partial charge >= 0.3 is 0 Å². The number of fused-ring (bicyclic) bond motifs is 2. The molecule has 7 nitrogen and oxygen atoms in total. The Bertz CT molecular complexity index is 1220. The second-order valence-corrected chi connectivity index (χ2v) is 9.76. The zero-order valence-electron chi connectivity index (χ0n) is 17.5. The third-order valence-corrected chi connectivity index (χ3v) is 7.15. The maximum absolute atomic E-state index is 15.4. The van der Waals surface area contributed by atoms with Crippen LogP contribution in [0.4, 0.5) is 4.39 Å². The Morgan fingerprint density at radius 2 is 2.13 bits per heavy atom. The smallest absolute Gasteiger partial charge is 0.151 e. The van der Waals surface area contributed by atoms with Crippen molar-refractivity contribution in [1.82, 2.24) is 30.5 Å². The normalized spacial score (nSPS) is 29.4. The standard InChI is InChI=1S/C22H23FN6OS/c1-12-11-24-29(27-12)14-5-6-15(17(30)9-14)20-26-25-19(31-20)13(2)16-10-21(3)7-8-22(4,28-21)18(16)23/h5-9,11,16,18,28,30H,2,10H2,1,3-4H3/t16-,18-,21+,22-/m1/s1. The molecule has 0 spiro atoms. The Balaban J connectivity index is 1.41. The number of rotatable bonds is 4. The highest BCUT2D eigenvalue weighted by Crippen LogP contribution is 2.47. The summed E-state index contributed by atoms with van der Waals surface area (Å²) in [5, 5.41) is 32.0. The minimum atomic E-state index is -1.11. The number of hydrogen-bond donors (Lipinski definition) is 2. The fourth-order valence-electron chi connectivity index (χ4n) is 4.52. The first-order valence-corrected chi connectivity index (χ1v) is 10.9. The van der Waals surface area contributed by atoms with Gasteiger partial charge in [0.1, 0.15) is 16.9 Å². The topological polar surface area (TPSA) is 88.8 Å². The van der Waals surface area contributed by atoms with Crippen molar-refractivity contribution in [2.24, 2.45) is 5.92 Å². The number of phenols is 1. The lowest BCUT2D eigenvalue weighted by molar-refractivity contribution is 0.0914. The van der Waals surface area contributed by atoms with E-state index in [4.69, 9.17) is 0 Å². The number of aromatic nitrogens is 5. The Morgan fingerprint density at radius 3 is 2.84 bits per heavy atom. The fourth-order valence-corrected chi connectivity index (χ4v) is 5.43. The van der Waals surface area contributed by atoms with Gasteiger partial charge in [0, 0.05) is 17.5 Å². The van der Waals surface area contributed by atoms with E-state index in [9.17, 15) is 5.11 Å². The molecule has 31 heavy (non-hydrogen) atoms. The van der Waals surface area contributed by atoms with Crippen molar-refractivity contribution in [3.8, 4) is 22.0 Å². The molecule has 0 aliphatic carbocycles. The number of aryl methyl sites for hydroxylation is 1. The number of benzene rings is 1. The number of alkyl halides is 1. The number of halogens is 1. The molecule has 5 rings (SSSR count). The third-order valence-electron chi connectivity index (χ3n) is 6.12. The molecule has 0 unspecified atom stereocenters. The summed E-state index contributed by atoms with van der Waals surface area (Å²) in [4.78, 5) is 1.45. The van der Waals surface area contributed by atoms with E-state index in [1.807, 2.05) is 26.0 Å². The minimum absolute atomic E-state index is 0.0493. The lowest BCUT2D eigenvalue weighted by Crippen LogP contribution is -2.61. The molecule has 9 heteroatoms. The first kappa shape index (κ1) is 20.0. The Morgan fingerprint density at radius 1 is 1.32 bits per heavy atom. The van der Waals surface area contributed by atoms with E-state index in [0.29, 0.717) is 33.3 Å². The average molecular weight is 439 g/mol. The molecule has 2 aromatic heterocycles. The molecule has 3 aromatic rings. The van der Waals surface area contributed by atoms with Crippen LogP contribution in [0.1, 0.15) is 31.0 Å². The summed E-state index contributed by atoms with van der Waals surface area (Å²) in [6, 6.07) is 5.14. The van der Waals surface area contributed by atoms with Crippen LogP contribution in [0.3, 0.4) is 0 Å². The number of aromatic hydroxyl groups is 1. The van der Waals surface area contributed by atoms with Crippen LogP contribution in [0.25, 0.3) is 21.8 Å². The van der Waals surface area contributed by atoms with Gasteiger partial charge in [-0.25, -0.2) is 4.39 Å². The Hall–Kier alpha value is -2.91. The van der Waals surface area contributed by atoms with E-state index in [2.05, 4.69) is 39.2 Å². The van der Waals surface area contributed by atoms with Gasteiger partial charge in [-0.1, -0.05) is 30.1 Å². The van der Waals surface area contributed by atoms with Crippen LogP contribution < -0.4 is 5.32 Å². The molecule has 2 aliphatic rings. The fraction of sp³-hybridized carbons (Fsp3) is 0.364. The summed E-state index contributed by atoms with van der Waals surface area (Å²) in [5.74, 6) is -0.314. The van der Waals surface area contributed by atoms with E-state index in [1.165, 1.54) is 16.1 Å². The molecule has 4 atom stereocenters. The van der Waals surface area contributed by atoms with Crippen molar-refractivity contribution < 1.29 is 9.50 Å². The molecule has 1 aromatic carbocycles. The highest BCUT2D eigenvalue weighted by atomic mass is 32.1. The minimum Gasteiger partial charge on any atom is -0.507 e. The first-order valence-electron chi connectivity index (χ1n) is 10.1. The van der Waals surface area contributed by atoms with E-state index in [1.54, 1.807) is 24.4 Å². The summed E-state index contributed by atoms with van der Waals surface area (Å²) in [5.41, 5.74) is 1.65. The molecule has 160 valence electrons. The lowest BCUT2D eigenvalue weighted by Gasteiger charge is -2.45. The largest absolute Gasteiger partial charge is 0.507 e. The van der Waals surface area contributed by atoms with Crippen molar-refractivity contribution in [2.75, 3.05) is 0 Å². The zero-order valence-corrected chi connectivity index (χ0v) is 18.3. The summed E-state index contributed by atoms with van der Waals surface area (Å²) in [7, 11) is 0. The van der Waals surface area contributed by atoms with E-state index < -0.39 is 11.7 Å². The molecular formula is C22H23FN6OS. The number of phenolic OH excluding ortho intramolecular Hbond substituents is 1. The van der Waals surface area contributed by atoms with Gasteiger partial charge in [-0.2, -0.15) is 15.0 Å². The van der Waals surface area contributed by atoms with Crippen molar-refractivity contribution in [3.63, 3.8) is 0 Å². The van der Waals surface area contributed by atoms with E-state index >= 15 is 4.39 Å². The maximum atomic E-state index is 15.4. The van der Waals surface area contributed by atoms with Crippen molar-refractivity contribution in [1.29, 1.82) is 0 Å². The van der Waals surface area contributed by atoms with E-state index in [-0.39, 0.29) is 17.2 Å². The van der Waals surface area contributed by atoms with Crippen LogP contribution in [0.2, 0.25) is 0 Å². The molecular weight excluding hydrogens is 415 g/mol. The number of piperidine rings is 1. The van der Waals surface area contributed by atoms with Crippen LogP contribution in [0.5, 0.6) is 5.75 Å². The summed E-state index contributed by atoms with van der Waals surface area (Å²) in [6.45, 7) is 9.97. The van der Waals surface area contributed by atoms with Crippen LogP contribution in [0, 0.1) is 12.8 Å². The highest BCUT2D eigenvalue weighted by Gasteiger charge is 2.53. The molecule has 4 heterocycles. The van der Waals surface area contributed by atoms with Gasteiger partial charge in [-0.3, -0.25) is 5.32 Å². The molecule has 0 radical (unpaired) electrons. The van der Waals surface area contributed by atoms with Gasteiger partial charge in [-0.15, -0.1) is 10.2 Å². The summed E-state index contributed by atoms with van der Waals surface area (Å²) in [6.07, 6.45) is 5.11. The molecule has 1 fully saturated rings. The molecule has 1 saturated heterocycles. The van der Waals surface area contributed by atoms with Gasteiger partial charge < -0.3 is 5.11 Å². The highest BCUT2D eigenvalue weighted by molar-refractivity contribution is 7.15. The van der Waals surface area contributed by atoms with Crippen molar-refractivity contribution in [3.05, 3.63) is 53.8 Å². The summed E-state index contributed by atoms with van der Waals surface area (Å²) >= 11 is 1.30. The van der Waals surface area contributed by atoms with Gasteiger partial charge in [0.25, 0.3) is 0 Å². The van der Waals surface area contributed by atoms with Gasteiger partial charge in [0.05, 0.1) is 28.7 Å². The van der Waals surface area contributed by atoms with Crippen LogP contribution in [-0.4, -0.2) is 47.5 Å². The van der Waals surface area contributed by atoms with Gasteiger partial charge in [0.2, 0.25) is 0 Å². The third kappa shape index (κ3) is 3.28. The predicted octanol–water partition coefficient (Wildman–Crippen LogP) is 3.85. The second kappa shape index (κ2) is 6.80. The first-order chi connectivity index (χ1) is 14.7. The van der Waals surface area contributed by atoms with Crippen LogP contribution >= 0.6 is 11.3 Å².